The van der Waals surface area contributed by atoms with Crippen LogP contribution in [0.2, 0.25) is 0 Å². The fraction of sp³-hybridized carbons (Fsp3) is 0.267. The highest BCUT2D eigenvalue weighted by Crippen LogP contribution is 2.22. The van der Waals surface area contributed by atoms with E-state index in [4.69, 9.17) is 0 Å². The fourth-order valence-electron chi connectivity index (χ4n) is 1.84. The molecule has 0 amide bonds. The molecule has 2 aromatic rings. The molecule has 0 bridgehead atoms. The lowest BCUT2D eigenvalue weighted by Gasteiger charge is -2.08. The van der Waals surface area contributed by atoms with E-state index < -0.39 is 0 Å². The van der Waals surface area contributed by atoms with Gasteiger partial charge < -0.3 is 0 Å². The zero-order valence-electron chi connectivity index (χ0n) is 10.0. The van der Waals surface area contributed by atoms with Crippen molar-refractivity contribution >= 4 is 32.5 Å². The Hall–Kier alpha value is -1.15. The zero-order valence-corrected chi connectivity index (χ0v) is 11.6. The molecule has 2 rings (SSSR count). The zero-order chi connectivity index (χ0) is 12.4. The second kappa shape index (κ2) is 5.01. The van der Waals surface area contributed by atoms with E-state index in [1.807, 2.05) is 44.2 Å². The minimum atomic E-state index is 0.0999. The quantitative estimate of drug-likeness (QED) is 0.740. The van der Waals surface area contributed by atoms with Crippen LogP contribution in [0, 0.1) is 5.92 Å². The largest absolute Gasteiger partial charge is 0.294 e. The van der Waals surface area contributed by atoms with Crippen LogP contribution in [0.3, 0.4) is 0 Å². The molecule has 0 aliphatic heterocycles. The Morgan fingerprint density at radius 3 is 2.53 bits per heavy atom. The van der Waals surface area contributed by atoms with Gasteiger partial charge in [-0.1, -0.05) is 48.0 Å². The predicted molar refractivity (Wildman–Crippen MR) is 75.4 cm³/mol. The Kier molecular flexibility index (Phi) is 3.63. The molecule has 0 aliphatic carbocycles. The average molecular weight is 291 g/mol. The van der Waals surface area contributed by atoms with E-state index in [2.05, 4.69) is 22.0 Å². The van der Waals surface area contributed by atoms with Crippen molar-refractivity contribution in [3.63, 3.8) is 0 Å². The molecule has 17 heavy (non-hydrogen) atoms. The number of carbonyl (C=O) groups is 1. The molecule has 1 atom stereocenters. The van der Waals surface area contributed by atoms with Gasteiger partial charge in [0.1, 0.15) is 0 Å². The van der Waals surface area contributed by atoms with Gasteiger partial charge in [0, 0.05) is 16.0 Å². The summed E-state index contributed by atoms with van der Waals surface area (Å²) in [6.07, 6.45) is 0.886. The highest BCUT2D eigenvalue weighted by molar-refractivity contribution is 9.10. The molecule has 2 heteroatoms. The molecule has 88 valence electrons. The first-order valence-electron chi connectivity index (χ1n) is 5.85. The molecule has 0 heterocycles. The predicted octanol–water partition coefficient (Wildman–Crippen LogP) is 4.83. The van der Waals surface area contributed by atoms with Gasteiger partial charge in [0.05, 0.1) is 0 Å². The molecule has 0 radical (unpaired) electrons. The van der Waals surface area contributed by atoms with Gasteiger partial charge in [-0.25, -0.2) is 0 Å². The van der Waals surface area contributed by atoms with Crippen molar-refractivity contribution in [2.24, 2.45) is 5.92 Å². The van der Waals surface area contributed by atoms with Gasteiger partial charge in [0.15, 0.2) is 5.78 Å². The average Bonchev–Trinajstić information content (AvgIpc) is 2.36. The molecule has 2 aromatic carbocycles. The van der Waals surface area contributed by atoms with Crippen LogP contribution < -0.4 is 0 Å². The van der Waals surface area contributed by atoms with Crippen LogP contribution in [0.5, 0.6) is 0 Å². The van der Waals surface area contributed by atoms with Crippen molar-refractivity contribution in [3.05, 3.63) is 46.4 Å². The number of fused-ring (bicyclic) bond motifs is 1. The third-order valence-corrected chi connectivity index (χ3v) is 3.64. The topological polar surface area (TPSA) is 17.1 Å². The number of rotatable bonds is 3. The van der Waals surface area contributed by atoms with Crippen molar-refractivity contribution in [2.75, 3.05) is 0 Å². The Labute approximate surface area is 110 Å². The summed E-state index contributed by atoms with van der Waals surface area (Å²) < 4.78 is 1.06. The lowest BCUT2D eigenvalue weighted by Crippen LogP contribution is -2.09. The van der Waals surface area contributed by atoms with Crippen molar-refractivity contribution < 1.29 is 4.79 Å². The third-order valence-electron chi connectivity index (χ3n) is 3.15. The van der Waals surface area contributed by atoms with Crippen LogP contribution in [0.4, 0.5) is 0 Å². The molecule has 0 saturated heterocycles. The maximum Gasteiger partial charge on any atom is 0.165 e. The summed E-state index contributed by atoms with van der Waals surface area (Å²) in [5.41, 5.74) is 0.814. The summed E-state index contributed by atoms with van der Waals surface area (Å²) in [5, 5.41) is 2.27. The molecule has 1 unspecified atom stereocenters. The van der Waals surface area contributed by atoms with E-state index in [1.54, 1.807) is 0 Å². The Morgan fingerprint density at radius 1 is 1.18 bits per heavy atom. The van der Waals surface area contributed by atoms with Crippen molar-refractivity contribution in [3.8, 4) is 0 Å². The normalized spacial score (nSPS) is 12.6. The molecule has 0 fully saturated rings. The summed E-state index contributed by atoms with van der Waals surface area (Å²) in [6, 6.07) is 12.0. The lowest BCUT2D eigenvalue weighted by molar-refractivity contribution is 0.0927. The minimum absolute atomic E-state index is 0.0999. The van der Waals surface area contributed by atoms with E-state index in [9.17, 15) is 4.79 Å². The Morgan fingerprint density at radius 2 is 1.82 bits per heavy atom. The van der Waals surface area contributed by atoms with Crippen LogP contribution in [-0.4, -0.2) is 5.78 Å². The molecule has 0 aromatic heterocycles. The van der Waals surface area contributed by atoms with Gasteiger partial charge >= 0.3 is 0 Å². The number of hydrogen-bond acceptors (Lipinski definition) is 1. The van der Waals surface area contributed by atoms with Gasteiger partial charge in [-0.05, 0) is 35.4 Å². The summed E-state index contributed by atoms with van der Waals surface area (Å²) in [6.45, 7) is 4.02. The van der Waals surface area contributed by atoms with Gasteiger partial charge in [-0.15, -0.1) is 0 Å². The number of ketones is 1. The second-order valence-electron chi connectivity index (χ2n) is 4.38. The van der Waals surface area contributed by atoms with Crippen molar-refractivity contribution in [2.45, 2.75) is 20.3 Å². The highest BCUT2D eigenvalue weighted by Gasteiger charge is 2.13. The van der Waals surface area contributed by atoms with Gasteiger partial charge in [-0.2, -0.15) is 0 Å². The number of hydrogen-bond donors (Lipinski definition) is 0. The van der Waals surface area contributed by atoms with Crippen LogP contribution in [0.25, 0.3) is 10.8 Å². The minimum Gasteiger partial charge on any atom is -0.294 e. The maximum absolute atomic E-state index is 12.1. The molecule has 0 aliphatic rings. The summed E-state index contributed by atoms with van der Waals surface area (Å²) in [4.78, 5) is 12.1. The summed E-state index contributed by atoms with van der Waals surface area (Å²) >= 11 is 3.45. The lowest BCUT2D eigenvalue weighted by atomic mass is 9.95. The molecule has 0 saturated carbocycles. The van der Waals surface area contributed by atoms with E-state index in [-0.39, 0.29) is 11.7 Å². The number of Topliss-reactive ketones (excluding diaryl/α,β-unsaturated/α-hetero) is 1. The summed E-state index contributed by atoms with van der Waals surface area (Å²) in [7, 11) is 0. The van der Waals surface area contributed by atoms with Crippen LogP contribution in [-0.2, 0) is 0 Å². The van der Waals surface area contributed by atoms with Crippen molar-refractivity contribution in [1.29, 1.82) is 0 Å². The maximum atomic E-state index is 12.1. The van der Waals surface area contributed by atoms with E-state index in [0.29, 0.717) is 0 Å². The van der Waals surface area contributed by atoms with E-state index in [1.165, 1.54) is 0 Å². The van der Waals surface area contributed by atoms with E-state index in [0.717, 1.165) is 27.2 Å². The first kappa shape index (κ1) is 12.3. The fourth-order valence-corrected chi connectivity index (χ4v) is 2.22. The van der Waals surface area contributed by atoms with Crippen molar-refractivity contribution in [1.82, 2.24) is 0 Å². The molecule has 0 N–H and O–H groups in total. The highest BCUT2D eigenvalue weighted by atomic mass is 79.9. The number of halogens is 1. The Bertz CT molecular complexity index is 560. The molecule has 1 nitrogen and oxygen atoms in total. The summed E-state index contributed by atoms with van der Waals surface area (Å²) in [5.74, 6) is 0.334. The third kappa shape index (κ3) is 2.58. The SMILES string of the molecule is CCC(C)C(=O)c1ccc2cc(Br)ccc2c1. The smallest absolute Gasteiger partial charge is 0.165 e. The first-order valence-corrected chi connectivity index (χ1v) is 6.64. The standard InChI is InChI=1S/C15H15BrO/c1-3-10(2)15(17)13-5-4-12-9-14(16)7-6-11(12)8-13/h4-10H,3H2,1-2H3. The first-order chi connectivity index (χ1) is 8.11. The number of carbonyl (C=O) groups excluding carboxylic acids is 1. The number of benzene rings is 2. The monoisotopic (exact) mass is 290 g/mol. The molecular weight excluding hydrogens is 276 g/mol. The van der Waals surface area contributed by atoms with Gasteiger partial charge in [-0.3, -0.25) is 4.79 Å². The van der Waals surface area contributed by atoms with E-state index >= 15 is 0 Å². The Balaban J connectivity index is 2.45. The van der Waals surface area contributed by atoms with Gasteiger partial charge in [0.2, 0.25) is 0 Å². The van der Waals surface area contributed by atoms with Crippen LogP contribution >= 0.6 is 15.9 Å². The van der Waals surface area contributed by atoms with Crippen LogP contribution in [0.1, 0.15) is 30.6 Å². The molecule has 0 spiro atoms. The van der Waals surface area contributed by atoms with Gasteiger partial charge in [0.25, 0.3) is 0 Å². The molecular formula is C15H15BrO. The van der Waals surface area contributed by atoms with Crippen LogP contribution in [0.15, 0.2) is 40.9 Å². The second-order valence-corrected chi connectivity index (χ2v) is 5.30.